The molecular formula is C31H38FN3O5. The summed E-state index contributed by atoms with van der Waals surface area (Å²) < 4.78 is 35.9. The lowest BCUT2D eigenvalue weighted by Gasteiger charge is -2.40. The Morgan fingerprint density at radius 3 is 2.15 bits per heavy atom. The van der Waals surface area contributed by atoms with E-state index in [2.05, 4.69) is 9.88 Å². The molecule has 0 aliphatic carbocycles. The van der Waals surface area contributed by atoms with Crippen molar-refractivity contribution in [1.29, 1.82) is 0 Å². The van der Waals surface area contributed by atoms with Crippen LogP contribution in [0.4, 0.5) is 14.9 Å². The first-order chi connectivity index (χ1) is 19.1. The Morgan fingerprint density at radius 2 is 1.60 bits per heavy atom. The molecule has 2 aromatic carbocycles. The van der Waals surface area contributed by atoms with E-state index in [-0.39, 0.29) is 18.0 Å². The van der Waals surface area contributed by atoms with Crippen LogP contribution < -0.4 is 19.1 Å². The second-order valence-electron chi connectivity index (χ2n) is 10.8. The van der Waals surface area contributed by atoms with E-state index < -0.39 is 5.60 Å². The van der Waals surface area contributed by atoms with Crippen molar-refractivity contribution in [2.24, 2.45) is 0 Å². The molecule has 1 saturated heterocycles. The molecule has 0 N–H and O–H groups in total. The molecule has 1 aromatic heterocycles. The minimum atomic E-state index is -0.537. The standard InChI is InChI=1S/C31H38FN3O5/c1-31(2,3)40-30(36)34-15-12-25(13-16-34)35(24-9-7-23(32)8-10-24)20-21-11-14-33-26(17-21)22-18-27(37-4)29(39-6)28(19-22)38-5/h7-11,14,17-19,25H,12-13,15-16,20H2,1-6H3. The van der Waals surface area contributed by atoms with Crippen molar-refractivity contribution in [2.45, 2.75) is 51.8 Å². The fourth-order valence-corrected chi connectivity index (χ4v) is 4.91. The number of amides is 1. The van der Waals surface area contributed by atoms with Gasteiger partial charge in [0.25, 0.3) is 0 Å². The molecule has 3 aromatic rings. The zero-order chi connectivity index (χ0) is 28.9. The number of nitrogens with zero attached hydrogens (tertiary/aromatic N) is 3. The first-order valence-electron chi connectivity index (χ1n) is 13.4. The highest BCUT2D eigenvalue weighted by Crippen LogP contribution is 2.41. The van der Waals surface area contributed by atoms with Crippen LogP contribution in [0.5, 0.6) is 17.2 Å². The van der Waals surface area contributed by atoms with Crippen LogP contribution in [0, 0.1) is 5.82 Å². The van der Waals surface area contributed by atoms with Gasteiger partial charge in [0.2, 0.25) is 5.75 Å². The first kappa shape index (κ1) is 29.0. The molecule has 1 amide bonds. The Morgan fingerprint density at radius 1 is 0.975 bits per heavy atom. The molecule has 0 bridgehead atoms. The highest BCUT2D eigenvalue weighted by atomic mass is 19.1. The number of halogens is 1. The highest BCUT2D eigenvalue weighted by Gasteiger charge is 2.30. The molecule has 0 saturated carbocycles. The monoisotopic (exact) mass is 551 g/mol. The van der Waals surface area contributed by atoms with Crippen LogP contribution >= 0.6 is 0 Å². The maximum Gasteiger partial charge on any atom is 0.410 e. The molecule has 1 fully saturated rings. The van der Waals surface area contributed by atoms with Gasteiger partial charge in [-0.05, 0) is 87.7 Å². The number of pyridine rings is 1. The summed E-state index contributed by atoms with van der Waals surface area (Å²) in [5.41, 5.74) is 3.01. The van der Waals surface area contributed by atoms with Crippen LogP contribution in [-0.4, -0.2) is 62.0 Å². The predicted molar refractivity (Wildman–Crippen MR) is 153 cm³/mol. The number of hydrogen-bond acceptors (Lipinski definition) is 7. The minimum absolute atomic E-state index is 0.155. The van der Waals surface area contributed by atoms with Crippen molar-refractivity contribution in [1.82, 2.24) is 9.88 Å². The van der Waals surface area contributed by atoms with E-state index in [1.54, 1.807) is 44.6 Å². The van der Waals surface area contributed by atoms with Gasteiger partial charge in [-0.1, -0.05) is 0 Å². The fraction of sp³-hybridized carbons (Fsp3) is 0.419. The minimum Gasteiger partial charge on any atom is -0.493 e. The van der Waals surface area contributed by atoms with Gasteiger partial charge in [-0.3, -0.25) is 4.98 Å². The molecule has 214 valence electrons. The van der Waals surface area contributed by atoms with E-state index in [0.717, 1.165) is 35.3 Å². The molecule has 0 atom stereocenters. The number of piperidine rings is 1. The summed E-state index contributed by atoms with van der Waals surface area (Å²) in [7, 11) is 4.74. The Labute approximate surface area is 235 Å². The van der Waals surface area contributed by atoms with Gasteiger partial charge < -0.3 is 28.7 Å². The van der Waals surface area contributed by atoms with E-state index in [4.69, 9.17) is 18.9 Å². The van der Waals surface area contributed by atoms with Crippen molar-refractivity contribution in [3.05, 3.63) is 66.1 Å². The maximum atomic E-state index is 13.8. The number of ether oxygens (including phenoxy) is 4. The van der Waals surface area contributed by atoms with Gasteiger partial charge in [0.1, 0.15) is 11.4 Å². The second kappa shape index (κ2) is 12.4. The number of benzene rings is 2. The van der Waals surface area contributed by atoms with Gasteiger partial charge in [-0.15, -0.1) is 0 Å². The van der Waals surface area contributed by atoms with E-state index in [0.29, 0.717) is 36.9 Å². The fourth-order valence-electron chi connectivity index (χ4n) is 4.91. The molecule has 0 unspecified atom stereocenters. The third kappa shape index (κ3) is 6.94. The van der Waals surface area contributed by atoms with Crippen molar-refractivity contribution in [3.8, 4) is 28.5 Å². The Bertz CT molecular complexity index is 1280. The lowest BCUT2D eigenvalue weighted by atomic mass is 10.0. The van der Waals surface area contributed by atoms with Crippen LogP contribution in [0.1, 0.15) is 39.2 Å². The van der Waals surface area contributed by atoms with E-state index in [1.165, 1.54) is 12.1 Å². The molecule has 8 nitrogen and oxygen atoms in total. The van der Waals surface area contributed by atoms with Gasteiger partial charge in [0.15, 0.2) is 11.5 Å². The van der Waals surface area contributed by atoms with Gasteiger partial charge in [-0.2, -0.15) is 0 Å². The third-order valence-corrected chi connectivity index (χ3v) is 6.85. The number of aromatic nitrogens is 1. The van der Waals surface area contributed by atoms with Crippen molar-refractivity contribution in [2.75, 3.05) is 39.3 Å². The number of rotatable bonds is 8. The molecule has 2 heterocycles. The van der Waals surface area contributed by atoms with Crippen LogP contribution in [-0.2, 0) is 11.3 Å². The highest BCUT2D eigenvalue weighted by molar-refractivity contribution is 5.69. The summed E-state index contributed by atoms with van der Waals surface area (Å²) in [6, 6.07) is 14.5. The maximum absolute atomic E-state index is 13.8. The SMILES string of the molecule is COc1cc(-c2cc(CN(c3ccc(F)cc3)C3CCN(C(=O)OC(C)(C)C)CC3)ccn2)cc(OC)c1OC. The summed E-state index contributed by atoms with van der Waals surface area (Å²) in [6.45, 7) is 7.37. The number of carbonyl (C=O) groups excluding carboxylic acids is 1. The Balaban J connectivity index is 1.59. The average Bonchev–Trinajstić information content (AvgIpc) is 2.95. The number of hydrogen-bond donors (Lipinski definition) is 0. The van der Waals surface area contributed by atoms with Crippen molar-refractivity contribution >= 4 is 11.8 Å². The first-order valence-corrected chi connectivity index (χ1v) is 13.4. The average molecular weight is 552 g/mol. The van der Waals surface area contributed by atoms with Crippen LogP contribution in [0.3, 0.4) is 0 Å². The van der Waals surface area contributed by atoms with Gasteiger partial charge in [0.05, 0.1) is 27.0 Å². The predicted octanol–water partition coefficient (Wildman–Crippen LogP) is 6.32. The zero-order valence-corrected chi connectivity index (χ0v) is 24.1. The molecule has 0 radical (unpaired) electrons. The lowest BCUT2D eigenvalue weighted by molar-refractivity contribution is 0.0204. The van der Waals surface area contributed by atoms with E-state index in [1.807, 2.05) is 45.0 Å². The topological polar surface area (TPSA) is 73.4 Å². The number of methoxy groups -OCH3 is 3. The molecular weight excluding hydrogens is 513 g/mol. The summed E-state index contributed by atoms with van der Waals surface area (Å²) in [5.74, 6) is 1.34. The summed E-state index contributed by atoms with van der Waals surface area (Å²) >= 11 is 0. The molecule has 1 aliphatic heterocycles. The molecule has 40 heavy (non-hydrogen) atoms. The van der Waals surface area contributed by atoms with Gasteiger partial charge in [-0.25, -0.2) is 9.18 Å². The molecule has 4 rings (SSSR count). The van der Waals surface area contributed by atoms with Crippen molar-refractivity contribution in [3.63, 3.8) is 0 Å². The number of carbonyl (C=O) groups is 1. The smallest absolute Gasteiger partial charge is 0.410 e. The largest absolute Gasteiger partial charge is 0.493 e. The van der Waals surface area contributed by atoms with E-state index in [9.17, 15) is 9.18 Å². The Kier molecular flexibility index (Phi) is 9.02. The number of anilines is 1. The van der Waals surface area contributed by atoms with Crippen LogP contribution in [0.2, 0.25) is 0 Å². The lowest BCUT2D eigenvalue weighted by Crippen LogP contribution is -2.48. The summed E-state index contributed by atoms with van der Waals surface area (Å²) in [4.78, 5) is 21.3. The summed E-state index contributed by atoms with van der Waals surface area (Å²) in [6.07, 6.45) is 3.02. The summed E-state index contributed by atoms with van der Waals surface area (Å²) in [5, 5.41) is 0. The molecule has 1 aliphatic rings. The number of likely N-dealkylation sites (tertiary alicyclic amines) is 1. The van der Waals surface area contributed by atoms with Gasteiger partial charge >= 0.3 is 6.09 Å². The van der Waals surface area contributed by atoms with Crippen molar-refractivity contribution < 1.29 is 28.1 Å². The molecule has 9 heteroatoms. The third-order valence-electron chi connectivity index (χ3n) is 6.85. The van der Waals surface area contributed by atoms with Crippen LogP contribution in [0.25, 0.3) is 11.3 Å². The molecule has 0 spiro atoms. The zero-order valence-electron chi connectivity index (χ0n) is 24.1. The quantitative estimate of drug-likeness (QED) is 0.324. The van der Waals surface area contributed by atoms with Crippen LogP contribution in [0.15, 0.2) is 54.7 Å². The Hall–Kier alpha value is -4.01. The normalized spacial score (nSPS) is 14.0. The second-order valence-corrected chi connectivity index (χ2v) is 10.8. The van der Waals surface area contributed by atoms with E-state index >= 15 is 0 Å². The van der Waals surface area contributed by atoms with Gasteiger partial charge in [0, 0.05) is 43.1 Å².